The van der Waals surface area contributed by atoms with Gasteiger partial charge in [0, 0.05) is 26.1 Å². The third kappa shape index (κ3) is 2.91. The zero-order chi connectivity index (χ0) is 15.9. The smallest absolute Gasteiger partial charge is 0.219 e. The van der Waals surface area contributed by atoms with E-state index in [-0.39, 0.29) is 11.3 Å². The summed E-state index contributed by atoms with van der Waals surface area (Å²) in [4.78, 5) is 13.7. The van der Waals surface area contributed by atoms with E-state index >= 15 is 0 Å². The lowest BCUT2D eigenvalue weighted by molar-refractivity contribution is -0.129. The van der Waals surface area contributed by atoms with Crippen LogP contribution in [0.25, 0.3) is 0 Å². The van der Waals surface area contributed by atoms with Crippen LogP contribution in [0, 0.1) is 0 Å². The summed E-state index contributed by atoms with van der Waals surface area (Å²) >= 11 is 0. The average Bonchev–Trinajstić information content (AvgIpc) is 2.98. The van der Waals surface area contributed by atoms with Gasteiger partial charge in [-0.15, -0.1) is 0 Å². The molecule has 1 atom stereocenters. The molecular weight excluding hydrogens is 272 g/mol. The molecular formula is C19H28N2O. The monoisotopic (exact) mass is 300 g/mol. The van der Waals surface area contributed by atoms with Crippen molar-refractivity contribution in [3.05, 3.63) is 34.4 Å². The molecule has 3 rings (SSSR count). The van der Waals surface area contributed by atoms with Crippen LogP contribution in [0.2, 0.25) is 0 Å². The van der Waals surface area contributed by atoms with Gasteiger partial charge in [0.15, 0.2) is 0 Å². The Morgan fingerprint density at radius 2 is 2.09 bits per heavy atom. The third-order valence-electron chi connectivity index (χ3n) is 5.12. The van der Waals surface area contributed by atoms with Crippen molar-refractivity contribution in [3.63, 3.8) is 0 Å². The zero-order valence-electron chi connectivity index (χ0n) is 14.3. The summed E-state index contributed by atoms with van der Waals surface area (Å²) in [5.74, 6) is 0.187. The maximum Gasteiger partial charge on any atom is 0.219 e. The molecule has 2 aliphatic heterocycles. The standard InChI is InChI=1S/C19H28N2O/c1-13(22)21-9-7-16-14(12-21)10-15(19(2,3)4)11-17(16)18-6-5-8-20-18/h10-11,18,20H,5-9,12H2,1-4H3/t18-/m0/s1. The van der Waals surface area contributed by atoms with Crippen molar-refractivity contribution in [2.45, 2.75) is 65.0 Å². The Kier molecular flexibility index (Phi) is 4.02. The van der Waals surface area contributed by atoms with Crippen molar-refractivity contribution in [1.82, 2.24) is 10.2 Å². The molecule has 3 heteroatoms. The summed E-state index contributed by atoms with van der Waals surface area (Å²) in [5.41, 5.74) is 5.87. The van der Waals surface area contributed by atoms with Gasteiger partial charge in [0.1, 0.15) is 0 Å². The molecule has 0 bridgehead atoms. The summed E-state index contributed by atoms with van der Waals surface area (Å²) in [5, 5.41) is 3.66. The van der Waals surface area contributed by atoms with Gasteiger partial charge in [-0.05, 0) is 53.5 Å². The van der Waals surface area contributed by atoms with Crippen molar-refractivity contribution in [2.24, 2.45) is 0 Å². The fourth-order valence-electron chi connectivity index (χ4n) is 3.70. The number of hydrogen-bond acceptors (Lipinski definition) is 2. The van der Waals surface area contributed by atoms with E-state index in [1.165, 1.54) is 35.1 Å². The Bertz CT molecular complexity index is 580. The van der Waals surface area contributed by atoms with Crippen molar-refractivity contribution in [3.8, 4) is 0 Å². The highest BCUT2D eigenvalue weighted by atomic mass is 16.2. The average molecular weight is 300 g/mol. The van der Waals surface area contributed by atoms with Crippen LogP contribution >= 0.6 is 0 Å². The predicted octanol–water partition coefficient (Wildman–Crippen LogP) is 3.31. The van der Waals surface area contributed by atoms with Gasteiger partial charge in [-0.1, -0.05) is 32.9 Å². The Morgan fingerprint density at radius 1 is 1.32 bits per heavy atom. The maximum absolute atomic E-state index is 11.7. The molecule has 2 aliphatic rings. The zero-order valence-corrected chi connectivity index (χ0v) is 14.3. The minimum Gasteiger partial charge on any atom is -0.338 e. The number of carbonyl (C=O) groups is 1. The number of nitrogens with one attached hydrogen (secondary N) is 1. The highest BCUT2D eigenvalue weighted by molar-refractivity contribution is 5.73. The van der Waals surface area contributed by atoms with E-state index in [2.05, 4.69) is 38.2 Å². The van der Waals surface area contributed by atoms with E-state index in [0.717, 1.165) is 26.1 Å². The van der Waals surface area contributed by atoms with E-state index in [1.54, 1.807) is 6.92 Å². The van der Waals surface area contributed by atoms with Crippen LogP contribution < -0.4 is 5.32 Å². The Balaban J connectivity index is 2.06. The second-order valence-corrected chi connectivity index (χ2v) is 7.79. The molecule has 2 heterocycles. The van der Waals surface area contributed by atoms with Crippen LogP contribution in [0.5, 0.6) is 0 Å². The summed E-state index contributed by atoms with van der Waals surface area (Å²) in [6.45, 7) is 11.2. The van der Waals surface area contributed by atoms with Crippen molar-refractivity contribution in [1.29, 1.82) is 0 Å². The van der Waals surface area contributed by atoms with Crippen LogP contribution in [0.15, 0.2) is 12.1 Å². The Hall–Kier alpha value is -1.35. The number of rotatable bonds is 1. The third-order valence-corrected chi connectivity index (χ3v) is 5.12. The number of benzene rings is 1. The Labute approximate surface area is 134 Å². The lowest BCUT2D eigenvalue weighted by Crippen LogP contribution is -2.35. The highest BCUT2D eigenvalue weighted by Gasteiger charge is 2.28. The minimum absolute atomic E-state index is 0.140. The first-order chi connectivity index (χ1) is 10.4. The number of carbonyl (C=O) groups excluding carboxylic acids is 1. The second-order valence-electron chi connectivity index (χ2n) is 7.79. The molecule has 0 radical (unpaired) electrons. The first-order valence-electron chi connectivity index (χ1n) is 8.51. The molecule has 0 aliphatic carbocycles. The molecule has 3 nitrogen and oxygen atoms in total. The topological polar surface area (TPSA) is 32.3 Å². The molecule has 0 spiro atoms. The SMILES string of the molecule is CC(=O)N1CCc2c(cc(C(C)(C)C)cc2[C@@H]2CCCN2)C1. The maximum atomic E-state index is 11.7. The first-order valence-corrected chi connectivity index (χ1v) is 8.51. The molecule has 0 unspecified atom stereocenters. The van der Waals surface area contributed by atoms with E-state index in [0.29, 0.717) is 6.04 Å². The molecule has 1 saturated heterocycles. The lowest BCUT2D eigenvalue weighted by Gasteiger charge is -2.33. The summed E-state index contributed by atoms with van der Waals surface area (Å²) in [7, 11) is 0. The fourth-order valence-corrected chi connectivity index (χ4v) is 3.70. The number of nitrogens with zero attached hydrogens (tertiary/aromatic N) is 1. The summed E-state index contributed by atoms with van der Waals surface area (Å²) in [6, 6.07) is 5.26. The number of fused-ring (bicyclic) bond motifs is 1. The predicted molar refractivity (Wildman–Crippen MR) is 89.9 cm³/mol. The number of amides is 1. The minimum atomic E-state index is 0.140. The van der Waals surface area contributed by atoms with Gasteiger partial charge in [0.05, 0.1) is 0 Å². The van der Waals surface area contributed by atoms with Crippen LogP contribution in [0.3, 0.4) is 0 Å². The molecule has 0 aromatic heterocycles. The molecule has 1 fully saturated rings. The molecule has 1 amide bonds. The quantitative estimate of drug-likeness (QED) is 0.863. The van der Waals surface area contributed by atoms with Crippen LogP contribution in [-0.4, -0.2) is 23.9 Å². The van der Waals surface area contributed by atoms with Gasteiger partial charge in [0.25, 0.3) is 0 Å². The molecule has 120 valence electrons. The van der Waals surface area contributed by atoms with E-state index in [4.69, 9.17) is 0 Å². The summed E-state index contributed by atoms with van der Waals surface area (Å²) in [6.07, 6.45) is 3.49. The van der Waals surface area contributed by atoms with Crippen LogP contribution in [-0.2, 0) is 23.2 Å². The molecule has 22 heavy (non-hydrogen) atoms. The largest absolute Gasteiger partial charge is 0.338 e. The van der Waals surface area contributed by atoms with Crippen LogP contribution in [0.1, 0.15) is 68.8 Å². The van der Waals surface area contributed by atoms with E-state index in [1.807, 2.05) is 4.90 Å². The van der Waals surface area contributed by atoms with Crippen molar-refractivity contribution in [2.75, 3.05) is 13.1 Å². The summed E-state index contributed by atoms with van der Waals surface area (Å²) < 4.78 is 0. The lowest BCUT2D eigenvalue weighted by atomic mass is 9.80. The number of hydrogen-bond donors (Lipinski definition) is 1. The van der Waals surface area contributed by atoms with E-state index in [9.17, 15) is 4.79 Å². The normalized spacial score (nSPS) is 21.8. The molecule has 1 aromatic carbocycles. The van der Waals surface area contributed by atoms with Crippen molar-refractivity contribution >= 4 is 5.91 Å². The molecule has 1 aromatic rings. The molecule has 0 saturated carbocycles. The van der Waals surface area contributed by atoms with Gasteiger partial charge in [-0.25, -0.2) is 0 Å². The Morgan fingerprint density at radius 3 is 2.68 bits per heavy atom. The fraction of sp³-hybridized carbons (Fsp3) is 0.632. The van der Waals surface area contributed by atoms with Gasteiger partial charge in [0.2, 0.25) is 5.91 Å². The van der Waals surface area contributed by atoms with Crippen LogP contribution in [0.4, 0.5) is 0 Å². The van der Waals surface area contributed by atoms with Gasteiger partial charge >= 0.3 is 0 Å². The van der Waals surface area contributed by atoms with E-state index < -0.39 is 0 Å². The van der Waals surface area contributed by atoms with Gasteiger partial charge in [-0.3, -0.25) is 4.79 Å². The highest BCUT2D eigenvalue weighted by Crippen LogP contribution is 2.35. The second kappa shape index (κ2) is 5.69. The van der Waals surface area contributed by atoms with Crippen molar-refractivity contribution < 1.29 is 4.79 Å². The van der Waals surface area contributed by atoms with Gasteiger partial charge < -0.3 is 10.2 Å². The van der Waals surface area contributed by atoms with Gasteiger partial charge in [-0.2, -0.15) is 0 Å². The first kappa shape index (κ1) is 15.5. The molecule has 1 N–H and O–H groups in total.